The first-order valence-corrected chi connectivity index (χ1v) is 6.80. The van der Waals surface area contributed by atoms with Crippen LogP contribution in [-0.4, -0.2) is 34.1 Å². The van der Waals surface area contributed by atoms with Crippen LogP contribution in [-0.2, 0) is 0 Å². The number of aliphatic hydroxyl groups is 1. The van der Waals surface area contributed by atoms with Crippen LogP contribution in [0.15, 0.2) is 12.1 Å². The lowest BCUT2D eigenvalue weighted by Gasteiger charge is -2.32. The Morgan fingerprint density at radius 3 is 2.21 bits per heavy atom. The van der Waals surface area contributed by atoms with Gasteiger partial charge in [-0.2, -0.15) is 0 Å². The molecule has 19 heavy (non-hydrogen) atoms. The third-order valence-corrected chi connectivity index (χ3v) is 4.00. The van der Waals surface area contributed by atoms with Crippen LogP contribution in [0.1, 0.15) is 47.3 Å². The molecule has 1 atom stereocenters. The first-order chi connectivity index (χ1) is 8.72. The fraction of sp³-hybridized carbons (Fsp3) is 0.562. The second-order valence-corrected chi connectivity index (χ2v) is 6.36. The van der Waals surface area contributed by atoms with Gasteiger partial charge in [0, 0.05) is 17.6 Å². The summed E-state index contributed by atoms with van der Waals surface area (Å²) in [5.41, 5.74) is 3.71. The van der Waals surface area contributed by atoms with Crippen molar-refractivity contribution in [2.45, 2.75) is 52.7 Å². The van der Waals surface area contributed by atoms with Gasteiger partial charge in [-0.25, -0.2) is 0 Å². The zero-order valence-electron chi connectivity index (χ0n) is 12.4. The van der Waals surface area contributed by atoms with E-state index >= 15 is 0 Å². The molecule has 1 amide bonds. The summed E-state index contributed by atoms with van der Waals surface area (Å²) in [6.45, 7) is 10.5. The molecular weight excluding hydrogens is 238 g/mol. The van der Waals surface area contributed by atoms with Gasteiger partial charge in [-0.05, 0) is 52.2 Å². The van der Waals surface area contributed by atoms with Crippen LogP contribution in [0.3, 0.4) is 0 Å². The summed E-state index contributed by atoms with van der Waals surface area (Å²) in [5.74, 6) is 0.0385. The van der Waals surface area contributed by atoms with Crippen molar-refractivity contribution < 1.29 is 9.90 Å². The zero-order chi connectivity index (χ0) is 14.4. The van der Waals surface area contributed by atoms with Gasteiger partial charge in [-0.3, -0.25) is 4.79 Å². The van der Waals surface area contributed by atoms with Crippen LogP contribution in [0.25, 0.3) is 0 Å². The highest BCUT2D eigenvalue weighted by Gasteiger charge is 2.41. The van der Waals surface area contributed by atoms with Crippen molar-refractivity contribution in [1.29, 1.82) is 0 Å². The Hall–Kier alpha value is -1.35. The van der Waals surface area contributed by atoms with Gasteiger partial charge in [0.2, 0.25) is 0 Å². The molecule has 0 aliphatic carbocycles. The maximum atomic E-state index is 12.8. The highest BCUT2D eigenvalue weighted by Crippen LogP contribution is 2.31. The van der Waals surface area contributed by atoms with Crippen LogP contribution >= 0.6 is 0 Å². The molecule has 1 aromatic carbocycles. The Balaban J connectivity index is 2.41. The first kappa shape index (κ1) is 14.1. The molecule has 1 aromatic rings. The summed E-state index contributed by atoms with van der Waals surface area (Å²) in [4.78, 5) is 14.6. The third-order valence-electron chi connectivity index (χ3n) is 4.00. The van der Waals surface area contributed by atoms with E-state index < -0.39 is 6.10 Å². The number of benzene rings is 1. The van der Waals surface area contributed by atoms with Crippen LogP contribution in [0.4, 0.5) is 0 Å². The second-order valence-electron chi connectivity index (χ2n) is 6.36. The Bertz CT molecular complexity index is 496. The van der Waals surface area contributed by atoms with E-state index in [2.05, 4.69) is 0 Å². The topological polar surface area (TPSA) is 40.5 Å². The van der Waals surface area contributed by atoms with E-state index in [-0.39, 0.29) is 11.4 Å². The lowest BCUT2D eigenvalue weighted by Crippen LogP contribution is -2.43. The zero-order valence-corrected chi connectivity index (χ0v) is 12.4. The summed E-state index contributed by atoms with van der Waals surface area (Å²) in [7, 11) is 0. The minimum atomic E-state index is -0.412. The largest absolute Gasteiger partial charge is 0.391 e. The molecule has 0 saturated carbocycles. The molecule has 2 rings (SSSR count). The lowest BCUT2D eigenvalue weighted by molar-refractivity contribution is 0.0639. The normalized spacial score (nSPS) is 21.8. The fourth-order valence-corrected chi connectivity index (χ4v) is 3.22. The van der Waals surface area contributed by atoms with Crippen LogP contribution in [0.5, 0.6) is 0 Å². The van der Waals surface area contributed by atoms with Crippen LogP contribution in [0, 0.1) is 20.8 Å². The summed E-state index contributed by atoms with van der Waals surface area (Å²) in [6, 6.07) is 4.08. The smallest absolute Gasteiger partial charge is 0.254 e. The Morgan fingerprint density at radius 1 is 1.26 bits per heavy atom. The number of rotatable bonds is 1. The number of hydrogen-bond acceptors (Lipinski definition) is 2. The molecule has 0 bridgehead atoms. The molecule has 3 heteroatoms. The average Bonchev–Trinajstić information content (AvgIpc) is 2.49. The molecule has 0 radical (unpaired) electrons. The summed E-state index contributed by atoms with van der Waals surface area (Å²) < 4.78 is 0. The summed E-state index contributed by atoms with van der Waals surface area (Å²) in [5, 5.41) is 9.82. The van der Waals surface area contributed by atoms with E-state index in [0.29, 0.717) is 13.0 Å². The third kappa shape index (κ3) is 2.52. The van der Waals surface area contributed by atoms with Crippen molar-refractivity contribution in [3.63, 3.8) is 0 Å². The average molecular weight is 261 g/mol. The maximum Gasteiger partial charge on any atom is 0.254 e. The molecule has 1 aliphatic heterocycles. The van der Waals surface area contributed by atoms with Crippen molar-refractivity contribution in [3.05, 3.63) is 34.4 Å². The van der Waals surface area contributed by atoms with Crippen LogP contribution in [0.2, 0.25) is 0 Å². The van der Waals surface area contributed by atoms with Gasteiger partial charge in [0.05, 0.1) is 6.10 Å². The van der Waals surface area contributed by atoms with Gasteiger partial charge >= 0.3 is 0 Å². The standard InChI is InChI=1S/C16H23NO2/c1-10-6-11(2)14(12(3)7-10)15(19)17-9-13(18)8-16(17,4)5/h6-7,13,18H,8-9H2,1-5H3. The molecule has 1 fully saturated rings. The summed E-state index contributed by atoms with van der Waals surface area (Å²) >= 11 is 0. The van der Waals surface area contributed by atoms with Gasteiger partial charge in [0.15, 0.2) is 0 Å². The van der Waals surface area contributed by atoms with E-state index in [1.54, 1.807) is 0 Å². The number of β-amino-alcohol motifs (C(OH)–C–C–N with tert-alkyl or cyclic N) is 1. The Labute approximate surface area is 115 Å². The van der Waals surface area contributed by atoms with Crippen LogP contribution < -0.4 is 0 Å². The quantitative estimate of drug-likeness (QED) is 0.844. The SMILES string of the molecule is Cc1cc(C)c(C(=O)N2CC(O)CC2(C)C)c(C)c1. The minimum absolute atomic E-state index is 0.0385. The monoisotopic (exact) mass is 261 g/mol. The Morgan fingerprint density at radius 2 is 1.79 bits per heavy atom. The molecular formula is C16H23NO2. The predicted octanol–water partition coefficient (Wildman–Crippen LogP) is 2.60. The molecule has 1 unspecified atom stereocenters. The second kappa shape index (κ2) is 4.64. The van der Waals surface area contributed by atoms with Crippen molar-refractivity contribution in [3.8, 4) is 0 Å². The van der Waals surface area contributed by atoms with Crippen molar-refractivity contribution in [1.82, 2.24) is 4.90 Å². The van der Waals surface area contributed by atoms with E-state index in [1.165, 1.54) is 5.56 Å². The first-order valence-electron chi connectivity index (χ1n) is 6.80. The number of aliphatic hydroxyl groups excluding tert-OH is 1. The summed E-state index contributed by atoms with van der Waals surface area (Å²) in [6.07, 6.45) is 0.230. The number of hydrogen-bond donors (Lipinski definition) is 1. The van der Waals surface area contributed by atoms with Crippen molar-refractivity contribution in [2.24, 2.45) is 0 Å². The van der Waals surface area contributed by atoms with E-state index in [1.807, 2.05) is 51.7 Å². The predicted molar refractivity (Wildman–Crippen MR) is 76.4 cm³/mol. The van der Waals surface area contributed by atoms with Gasteiger partial charge < -0.3 is 10.0 Å². The Kier molecular flexibility index (Phi) is 3.43. The van der Waals surface area contributed by atoms with E-state index in [0.717, 1.165) is 16.7 Å². The van der Waals surface area contributed by atoms with Gasteiger partial charge in [-0.15, -0.1) is 0 Å². The number of amides is 1. The van der Waals surface area contributed by atoms with Gasteiger partial charge in [0.25, 0.3) is 5.91 Å². The lowest BCUT2D eigenvalue weighted by atomic mass is 9.96. The van der Waals surface area contributed by atoms with E-state index in [4.69, 9.17) is 0 Å². The number of carbonyl (C=O) groups is 1. The molecule has 1 saturated heterocycles. The fourth-order valence-electron chi connectivity index (χ4n) is 3.22. The molecule has 1 N–H and O–H groups in total. The van der Waals surface area contributed by atoms with Crippen molar-refractivity contribution in [2.75, 3.05) is 6.54 Å². The number of aryl methyl sites for hydroxylation is 3. The molecule has 104 valence electrons. The van der Waals surface area contributed by atoms with Gasteiger partial charge in [0.1, 0.15) is 0 Å². The molecule has 3 nitrogen and oxygen atoms in total. The number of likely N-dealkylation sites (tertiary alicyclic amines) is 1. The number of carbonyl (C=O) groups excluding carboxylic acids is 1. The highest BCUT2D eigenvalue weighted by molar-refractivity contribution is 5.97. The minimum Gasteiger partial charge on any atom is -0.391 e. The molecule has 1 aliphatic rings. The molecule has 0 aromatic heterocycles. The maximum absolute atomic E-state index is 12.8. The molecule has 1 heterocycles. The van der Waals surface area contributed by atoms with E-state index in [9.17, 15) is 9.90 Å². The number of nitrogens with zero attached hydrogens (tertiary/aromatic N) is 1. The highest BCUT2D eigenvalue weighted by atomic mass is 16.3. The molecule has 0 spiro atoms. The van der Waals surface area contributed by atoms with Crippen molar-refractivity contribution >= 4 is 5.91 Å². The van der Waals surface area contributed by atoms with Gasteiger partial charge in [-0.1, -0.05) is 17.7 Å².